The molecular formula is C27H29FN4O3. The predicted octanol–water partition coefficient (Wildman–Crippen LogP) is 4.40. The molecule has 0 spiro atoms. The van der Waals surface area contributed by atoms with Crippen LogP contribution >= 0.6 is 0 Å². The van der Waals surface area contributed by atoms with Gasteiger partial charge in [0.25, 0.3) is 5.91 Å². The van der Waals surface area contributed by atoms with Crippen LogP contribution in [0.3, 0.4) is 0 Å². The number of fused-ring (bicyclic) bond motifs is 1. The molecule has 1 fully saturated rings. The summed E-state index contributed by atoms with van der Waals surface area (Å²) in [4.78, 5) is 32.2. The Balaban J connectivity index is 1.19. The second-order valence-corrected chi connectivity index (χ2v) is 9.42. The van der Waals surface area contributed by atoms with Crippen molar-refractivity contribution in [2.45, 2.75) is 45.9 Å². The summed E-state index contributed by atoms with van der Waals surface area (Å²) in [6.07, 6.45) is 2.68. The largest absolute Gasteiger partial charge is 0.365 e. The molecule has 2 aliphatic rings. The van der Waals surface area contributed by atoms with E-state index < -0.39 is 0 Å². The summed E-state index contributed by atoms with van der Waals surface area (Å²) >= 11 is 0. The smallest absolute Gasteiger partial charge is 0.274 e. The normalized spacial score (nSPS) is 18.3. The number of aromatic nitrogens is 2. The monoisotopic (exact) mass is 476 g/mol. The van der Waals surface area contributed by atoms with E-state index in [2.05, 4.69) is 10.3 Å². The Hall–Kier alpha value is -3.52. The fourth-order valence-corrected chi connectivity index (χ4v) is 4.78. The molecule has 5 rings (SSSR count). The van der Waals surface area contributed by atoms with Crippen LogP contribution in [0, 0.1) is 25.6 Å². The van der Waals surface area contributed by atoms with Crippen LogP contribution < -0.4 is 5.32 Å². The van der Waals surface area contributed by atoms with Gasteiger partial charge in [-0.3, -0.25) is 9.59 Å². The number of aryl methyl sites for hydroxylation is 2. The average Bonchev–Trinajstić information content (AvgIpc) is 3.29. The molecule has 0 bridgehead atoms. The lowest BCUT2D eigenvalue weighted by molar-refractivity contribution is -0.121. The van der Waals surface area contributed by atoms with Gasteiger partial charge in [0, 0.05) is 24.7 Å². The molecular weight excluding hydrogens is 447 g/mol. The van der Waals surface area contributed by atoms with Gasteiger partial charge in [-0.25, -0.2) is 9.37 Å². The summed E-state index contributed by atoms with van der Waals surface area (Å²) in [6.45, 7) is 5.78. The number of imidazole rings is 1. The highest BCUT2D eigenvalue weighted by Gasteiger charge is 2.32. The molecule has 2 amide bonds. The van der Waals surface area contributed by atoms with E-state index in [9.17, 15) is 14.0 Å². The Morgan fingerprint density at radius 3 is 2.57 bits per heavy atom. The number of benzene rings is 2. The first-order valence-corrected chi connectivity index (χ1v) is 12.0. The molecule has 0 unspecified atom stereocenters. The van der Waals surface area contributed by atoms with Crippen LogP contribution in [-0.2, 0) is 22.7 Å². The van der Waals surface area contributed by atoms with E-state index in [-0.39, 0.29) is 36.3 Å². The summed E-state index contributed by atoms with van der Waals surface area (Å²) in [5.41, 5.74) is 5.02. The highest BCUT2D eigenvalue weighted by molar-refractivity contribution is 5.95. The maximum Gasteiger partial charge on any atom is 0.274 e. The maximum atomic E-state index is 13.2. The van der Waals surface area contributed by atoms with E-state index in [1.807, 2.05) is 36.6 Å². The predicted molar refractivity (Wildman–Crippen MR) is 129 cm³/mol. The van der Waals surface area contributed by atoms with Crippen LogP contribution in [0.15, 0.2) is 48.8 Å². The first-order chi connectivity index (χ1) is 16.9. The number of nitrogens with one attached hydrogen (secondary N) is 1. The van der Waals surface area contributed by atoms with Gasteiger partial charge >= 0.3 is 0 Å². The van der Waals surface area contributed by atoms with Gasteiger partial charge in [0.2, 0.25) is 5.91 Å². The van der Waals surface area contributed by atoms with Gasteiger partial charge in [-0.15, -0.1) is 0 Å². The minimum atomic E-state index is -0.285. The molecule has 182 valence electrons. The molecule has 0 saturated carbocycles. The van der Waals surface area contributed by atoms with E-state index in [0.29, 0.717) is 38.2 Å². The van der Waals surface area contributed by atoms with Gasteiger partial charge in [0.15, 0.2) is 5.69 Å². The van der Waals surface area contributed by atoms with Crippen molar-refractivity contribution in [3.05, 3.63) is 82.7 Å². The summed E-state index contributed by atoms with van der Waals surface area (Å²) in [6, 6.07) is 12.3. The average molecular weight is 477 g/mol. The van der Waals surface area contributed by atoms with Crippen molar-refractivity contribution in [3.8, 4) is 0 Å². The van der Waals surface area contributed by atoms with Crippen LogP contribution in [0.25, 0.3) is 0 Å². The lowest BCUT2D eigenvalue weighted by atomic mass is 9.95. The number of halogens is 1. The molecule has 1 saturated heterocycles. The van der Waals surface area contributed by atoms with Crippen LogP contribution in [0.2, 0.25) is 0 Å². The fourth-order valence-electron chi connectivity index (χ4n) is 4.78. The quantitative estimate of drug-likeness (QED) is 0.606. The van der Waals surface area contributed by atoms with Crippen molar-refractivity contribution < 1.29 is 18.7 Å². The van der Waals surface area contributed by atoms with Gasteiger partial charge in [-0.1, -0.05) is 24.3 Å². The molecule has 1 atom stereocenters. The van der Waals surface area contributed by atoms with Crippen molar-refractivity contribution in [2.24, 2.45) is 5.92 Å². The maximum absolute atomic E-state index is 13.2. The van der Waals surface area contributed by atoms with Gasteiger partial charge in [0.05, 0.1) is 25.2 Å². The SMILES string of the molecule is Cc1ccc(C)c(NC(=O)C2CCN(C(=O)c3ncn4c3CO[C@H](c3ccc(F)cc3)C4)CC2)c1. The van der Waals surface area contributed by atoms with Gasteiger partial charge < -0.3 is 19.5 Å². The molecule has 0 radical (unpaired) electrons. The van der Waals surface area contributed by atoms with E-state index >= 15 is 0 Å². The van der Waals surface area contributed by atoms with Gasteiger partial charge in [-0.2, -0.15) is 0 Å². The number of amides is 2. The zero-order chi connectivity index (χ0) is 24.5. The number of piperidine rings is 1. The van der Waals surface area contributed by atoms with Crippen LogP contribution in [0.5, 0.6) is 0 Å². The molecule has 3 heterocycles. The van der Waals surface area contributed by atoms with E-state index in [0.717, 1.165) is 28.1 Å². The molecule has 1 N–H and O–H groups in total. The Labute approximate surface area is 203 Å². The first-order valence-electron chi connectivity index (χ1n) is 12.0. The van der Waals surface area contributed by atoms with Crippen LogP contribution in [-0.4, -0.2) is 39.4 Å². The lowest BCUT2D eigenvalue weighted by Crippen LogP contribution is -2.42. The van der Waals surface area contributed by atoms with E-state index in [1.54, 1.807) is 23.4 Å². The second kappa shape index (κ2) is 9.62. The molecule has 35 heavy (non-hydrogen) atoms. The Morgan fingerprint density at radius 1 is 1.09 bits per heavy atom. The number of carbonyl (C=O) groups excluding carboxylic acids is 2. The third-order valence-electron chi connectivity index (χ3n) is 6.98. The first kappa shape index (κ1) is 23.2. The third-order valence-corrected chi connectivity index (χ3v) is 6.98. The molecule has 8 heteroatoms. The number of rotatable bonds is 4. The zero-order valence-electron chi connectivity index (χ0n) is 20.0. The second-order valence-electron chi connectivity index (χ2n) is 9.42. The van der Waals surface area contributed by atoms with Crippen molar-refractivity contribution in [3.63, 3.8) is 0 Å². The lowest BCUT2D eigenvalue weighted by Gasteiger charge is -2.31. The molecule has 0 aliphatic carbocycles. The number of hydrogen-bond acceptors (Lipinski definition) is 4. The topological polar surface area (TPSA) is 76.5 Å². The minimum Gasteiger partial charge on any atom is -0.365 e. The van der Waals surface area contributed by atoms with E-state index in [4.69, 9.17) is 4.74 Å². The number of anilines is 1. The van der Waals surface area contributed by atoms with Crippen molar-refractivity contribution in [1.29, 1.82) is 0 Å². The molecule has 2 aromatic carbocycles. The molecule has 2 aliphatic heterocycles. The molecule has 3 aromatic rings. The number of nitrogens with zero attached hydrogens (tertiary/aromatic N) is 3. The van der Waals surface area contributed by atoms with Crippen molar-refractivity contribution in [2.75, 3.05) is 18.4 Å². The summed E-state index contributed by atoms with van der Waals surface area (Å²) in [5.74, 6) is -0.539. The molecule has 7 nitrogen and oxygen atoms in total. The summed E-state index contributed by atoms with van der Waals surface area (Å²) in [7, 11) is 0. The van der Waals surface area contributed by atoms with Crippen molar-refractivity contribution >= 4 is 17.5 Å². The minimum absolute atomic E-state index is 0.00500. The Kier molecular flexibility index (Phi) is 6.38. The fraction of sp³-hybridized carbons (Fsp3) is 0.370. The summed E-state index contributed by atoms with van der Waals surface area (Å²) < 4.78 is 21.2. The van der Waals surface area contributed by atoms with E-state index in [1.165, 1.54) is 12.1 Å². The summed E-state index contributed by atoms with van der Waals surface area (Å²) in [5, 5.41) is 3.06. The number of ether oxygens (including phenoxy) is 1. The number of hydrogen-bond donors (Lipinski definition) is 1. The molecule has 1 aromatic heterocycles. The van der Waals surface area contributed by atoms with Gasteiger partial charge in [0.1, 0.15) is 11.9 Å². The van der Waals surface area contributed by atoms with Crippen LogP contribution in [0.1, 0.15) is 51.8 Å². The third kappa shape index (κ3) is 4.84. The highest BCUT2D eigenvalue weighted by atomic mass is 19.1. The van der Waals surface area contributed by atoms with Crippen molar-refractivity contribution in [1.82, 2.24) is 14.5 Å². The standard InChI is InChI=1S/C27H29FN4O3/c1-17-3-4-18(2)22(13-17)30-26(33)20-9-11-31(12-10-20)27(34)25-23-15-35-24(14-32(23)16-29-25)19-5-7-21(28)8-6-19/h3-8,13,16,20,24H,9-12,14-15H2,1-2H3,(H,30,33)/t24-/m0/s1. The van der Waals surface area contributed by atoms with Gasteiger partial charge in [-0.05, 0) is 61.6 Å². The number of likely N-dealkylation sites (tertiary alicyclic amines) is 1. The highest BCUT2D eigenvalue weighted by Crippen LogP contribution is 2.29. The van der Waals surface area contributed by atoms with Crippen LogP contribution in [0.4, 0.5) is 10.1 Å². The Morgan fingerprint density at radius 2 is 1.83 bits per heavy atom. The Bertz CT molecular complexity index is 1250. The zero-order valence-corrected chi connectivity index (χ0v) is 20.0. The number of carbonyl (C=O) groups is 2.